The number of rotatable bonds is 14. The molecule has 0 unspecified atom stereocenters. The molecule has 22 aromatic carbocycles. The van der Waals surface area contributed by atoms with Crippen molar-refractivity contribution in [3.05, 3.63) is 459 Å². The molecule has 34 aromatic rings. The van der Waals surface area contributed by atoms with Crippen LogP contribution in [-0.4, -0.2) is 17.6 Å². The number of anilines is 12. The van der Waals surface area contributed by atoms with Crippen molar-refractivity contribution in [2.45, 2.75) is 40.5 Å². The summed E-state index contributed by atoms with van der Waals surface area (Å²) < 4.78 is 37.6. The lowest BCUT2D eigenvalue weighted by atomic mass is 10.0. The van der Waals surface area contributed by atoms with Gasteiger partial charge in [-0.25, -0.2) is 0 Å². The quantitative estimate of drug-likeness (QED) is 0.106. The van der Waals surface area contributed by atoms with Crippen molar-refractivity contribution in [3.63, 3.8) is 0 Å². The normalized spacial score (nSPS) is 12.5. The smallest absolute Gasteiger partial charge is 0.159 e. The largest absolute Gasteiger partial charge is 0.454 e. The second-order valence-electron chi connectivity index (χ2n) is 40.6. The third kappa shape index (κ3) is 11.4. The van der Waals surface area contributed by atoms with E-state index in [1.165, 1.54) is 164 Å². The van der Waals surface area contributed by atoms with Crippen LogP contribution in [0.3, 0.4) is 0 Å². The predicted molar refractivity (Wildman–Crippen MR) is 628 cm³/mol. The highest BCUT2D eigenvalue weighted by molar-refractivity contribution is 6.33. The van der Waals surface area contributed by atoms with E-state index in [2.05, 4.69) is 502 Å². The van der Waals surface area contributed by atoms with Gasteiger partial charge in [-0.15, -0.1) is 0 Å². The lowest BCUT2D eigenvalue weighted by Crippen LogP contribution is -2.10. The lowest BCUT2D eigenvalue weighted by Gasteiger charge is -2.25. The molecule has 150 heavy (non-hydrogen) atoms. The Balaban J connectivity index is 0.000000130. The molecule has 12 heterocycles. The van der Waals surface area contributed by atoms with Crippen LogP contribution in [0.2, 0.25) is 0 Å². The standard InChI is InChI=1S/C70H46N4O2.C68H42N4O2/c1-3-41-17-11-27-53-55-29-15-31-59(69(55)75-67(41)53)71(43-19-7-5-8-20-43)45-33-35-47-49-23-13-25-51-57-40-64-58(39-63(57)73(65(49)51)61(47)37-45)52-26-14-24-50-48-36-34-46(38-62(48)74(64)66(50)52)72(44-21-9-6-10-22-44)60-32-16-30-56-54-28-12-18-42(4-2)68(54)76-70(56)60;1-39-15-9-25-51-53-27-13-29-57(67(53)73-65(39)51)69(41-17-5-3-6-18-41)43-31-33-45-47-21-11-23-49-55-38-62-56(37-61(55)71(63(47)49)59(45)35-43)50-24-12-22-48-46-34-32-44(36-60(46)72(62)64(48)50)70(42-19-7-4-8-20-42)58-30-14-28-54-52-26-10-16-40(2)66(52)74-68(54)58/h5-40H,3-4H2,1-2H3;3-38H,1-2H3. The summed E-state index contributed by atoms with van der Waals surface area (Å²) in [4.78, 5) is 9.44. The third-order valence-electron chi connectivity index (χ3n) is 32.8. The molecule has 0 aliphatic heterocycles. The van der Waals surface area contributed by atoms with Crippen molar-refractivity contribution in [1.29, 1.82) is 0 Å². The average Bonchev–Trinajstić information content (AvgIpc) is 1.52. The number of aryl methyl sites for hydroxylation is 4. The number of fused-ring (bicyclic) bond motifs is 36. The zero-order valence-corrected chi connectivity index (χ0v) is 82.2. The summed E-state index contributed by atoms with van der Waals surface area (Å²) in [5.41, 5.74) is 38.9. The van der Waals surface area contributed by atoms with Gasteiger partial charge >= 0.3 is 0 Å². The fourth-order valence-electron chi connectivity index (χ4n) is 26.3. The van der Waals surface area contributed by atoms with Crippen LogP contribution >= 0.6 is 0 Å². The van der Waals surface area contributed by atoms with E-state index in [1.54, 1.807) is 0 Å². The zero-order chi connectivity index (χ0) is 98.4. The van der Waals surface area contributed by atoms with Crippen molar-refractivity contribution in [1.82, 2.24) is 17.6 Å². The Labute approximate surface area is 856 Å². The number of furan rings is 4. The van der Waals surface area contributed by atoms with E-state index in [1.807, 2.05) is 0 Å². The molecule has 0 saturated carbocycles. The maximum absolute atomic E-state index is 6.91. The molecule has 0 bridgehead atoms. The van der Waals surface area contributed by atoms with E-state index in [9.17, 15) is 0 Å². The minimum Gasteiger partial charge on any atom is -0.454 e. The Kier molecular flexibility index (Phi) is 17.1. The highest BCUT2D eigenvalue weighted by Gasteiger charge is 2.33. The number of para-hydroxylation sites is 16. The second-order valence-corrected chi connectivity index (χ2v) is 40.6. The van der Waals surface area contributed by atoms with Crippen LogP contribution in [0.4, 0.5) is 68.2 Å². The van der Waals surface area contributed by atoms with Crippen molar-refractivity contribution in [2.75, 3.05) is 19.6 Å². The van der Waals surface area contributed by atoms with E-state index >= 15 is 0 Å². The molecule has 0 amide bonds. The minimum absolute atomic E-state index is 0.873. The van der Waals surface area contributed by atoms with Crippen LogP contribution in [0.1, 0.15) is 36.1 Å². The molecule has 0 atom stereocenters. The maximum Gasteiger partial charge on any atom is 0.159 e. The molecule has 12 nitrogen and oxygen atoms in total. The first-order chi connectivity index (χ1) is 74.2. The van der Waals surface area contributed by atoms with Gasteiger partial charge in [-0.05, 0) is 195 Å². The molecule has 0 aliphatic rings. The van der Waals surface area contributed by atoms with Crippen LogP contribution in [0.25, 0.3) is 240 Å². The van der Waals surface area contributed by atoms with E-state index < -0.39 is 0 Å². The molecule has 12 heteroatoms. The Morgan fingerprint density at radius 2 is 0.360 bits per heavy atom. The number of hydrogen-bond donors (Lipinski definition) is 0. The van der Waals surface area contributed by atoms with Gasteiger partial charge in [-0.2, -0.15) is 0 Å². The van der Waals surface area contributed by atoms with Gasteiger partial charge in [0, 0.05) is 175 Å². The summed E-state index contributed by atoms with van der Waals surface area (Å²) in [6, 6.07) is 160. The Morgan fingerprint density at radius 3 is 0.613 bits per heavy atom. The fraction of sp³-hybridized carbons (Fsp3) is 0.0435. The SMILES string of the molecule is CCc1cccc2c1oc1c(N(c3ccccc3)c3ccc4c5cccc6c7cc8c(cc7n(c4c3)c56)c3cccc4c5ccc(N(c6ccccc6)c6cccc7c6oc6c(CC)cccc67)cc5n8c43)cccc12.Cc1cccc2c1oc1c(N(c3ccccc3)c3ccc4c5cccc6c7cc8c(cc7n(c4c3)c56)c3cccc4c5ccc(N(c6ccccc6)c6cccc7c6oc6c(C)cccc67)cc5n8c43)cccc12. The van der Waals surface area contributed by atoms with Gasteiger partial charge < -0.3 is 54.9 Å². The highest BCUT2D eigenvalue weighted by Crippen LogP contribution is 2.56. The first kappa shape index (κ1) is 82.8. The van der Waals surface area contributed by atoms with Gasteiger partial charge in [-0.1, -0.05) is 305 Å². The van der Waals surface area contributed by atoms with Gasteiger partial charge in [0.25, 0.3) is 0 Å². The molecule has 0 fully saturated rings. The highest BCUT2D eigenvalue weighted by atomic mass is 16.3. The van der Waals surface area contributed by atoms with E-state index in [0.717, 1.165) is 180 Å². The lowest BCUT2D eigenvalue weighted by molar-refractivity contribution is 0.663. The van der Waals surface area contributed by atoms with Crippen molar-refractivity contribution < 1.29 is 17.7 Å². The minimum atomic E-state index is 0.873. The molecule has 12 aromatic heterocycles. The van der Waals surface area contributed by atoms with Crippen LogP contribution < -0.4 is 19.6 Å². The molecule has 0 N–H and O–H groups in total. The summed E-state index contributed by atoms with van der Waals surface area (Å²) in [6.07, 6.45) is 1.80. The summed E-state index contributed by atoms with van der Waals surface area (Å²) in [5, 5.41) is 28.8. The monoisotopic (exact) mass is 1920 g/mol. The Bertz CT molecular complexity index is 11000. The van der Waals surface area contributed by atoms with Gasteiger partial charge in [0.2, 0.25) is 0 Å². The van der Waals surface area contributed by atoms with Gasteiger partial charge in [0.15, 0.2) is 22.3 Å². The molecule has 0 radical (unpaired) electrons. The van der Waals surface area contributed by atoms with Crippen LogP contribution in [0.15, 0.2) is 454 Å². The molecular formula is C138H88N8O4. The zero-order valence-electron chi connectivity index (χ0n) is 82.2. The molecular weight excluding hydrogens is 1830 g/mol. The Morgan fingerprint density at radius 1 is 0.160 bits per heavy atom. The molecule has 0 spiro atoms. The van der Waals surface area contributed by atoms with E-state index in [-0.39, 0.29) is 0 Å². The van der Waals surface area contributed by atoms with Crippen LogP contribution in [-0.2, 0) is 12.8 Å². The van der Waals surface area contributed by atoms with Crippen molar-refractivity contribution in [2.24, 2.45) is 0 Å². The molecule has 704 valence electrons. The van der Waals surface area contributed by atoms with E-state index in [0.29, 0.717) is 0 Å². The van der Waals surface area contributed by atoms with Gasteiger partial charge in [-0.3, -0.25) is 0 Å². The van der Waals surface area contributed by atoms with Crippen molar-refractivity contribution >= 4 is 308 Å². The number of nitrogens with zero attached hydrogens (tertiary/aromatic N) is 8. The number of benzene rings is 22. The molecule has 34 rings (SSSR count). The summed E-state index contributed by atoms with van der Waals surface area (Å²) in [7, 11) is 0. The second kappa shape index (κ2) is 31.0. The number of aromatic nitrogens is 4. The van der Waals surface area contributed by atoms with E-state index in [4.69, 9.17) is 17.7 Å². The first-order valence-corrected chi connectivity index (χ1v) is 52.0. The maximum atomic E-state index is 6.91. The molecule has 0 saturated heterocycles. The van der Waals surface area contributed by atoms with Gasteiger partial charge in [0.1, 0.15) is 22.3 Å². The third-order valence-corrected chi connectivity index (χ3v) is 32.8. The topological polar surface area (TPSA) is 83.2 Å². The van der Waals surface area contributed by atoms with Gasteiger partial charge in [0.05, 0.1) is 88.9 Å². The summed E-state index contributed by atoms with van der Waals surface area (Å²) in [5.74, 6) is 0. The predicted octanol–water partition coefficient (Wildman–Crippen LogP) is 39.2. The van der Waals surface area contributed by atoms with Crippen LogP contribution in [0, 0.1) is 13.8 Å². The Hall–Kier alpha value is -19.6. The fourth-order valence-corrected chi connectivity index (χ4v) is 26.3. The van der Waals surface area contributed by atoms with Crippen molar-refractivity contribution in [3.8, 4) is 0 Å². The van der Waals surface area contributed by atoms with Crippen LogP contribution in [0.5, 0.6) is 0 Å². The summed E-state index contributed by atoms with van der Waals surface area (Å²) in [6.45, 7) is 8.64. The molecule has 0 aliphatic carbocycles. The number of hydrogen-bond acceptors (Lipinski definition) is 8. The summed E-state index contributed by atoms with van der Waals surface area (Å²) >= 11 is 0. The first-order valence-electron chi connectivity index (χ1n) is 52.0. The average molecular weight is 1920 g/mol.